The highest BCUT2D eigenvalue weighted by Gasteiger charge is 2.45. The Bertz CT molecular complexity index is 640. The number of hydrogen-bond donors (Lipinski definition) is 1. The molecule has 0 aliphatic carbocycles. The second-order valence-electron chi connectivity index (χ2n) is 5.70. The zero-order valence-electron chi connectivity index (χ0n) is 12.9. The van der Waals surface area contributed by atoms with Crippen LogP contribution in [0.3, 0.4) is 0 Å². The molecule has 0 amide bonds. The van der Waals surface area contributed by atoms with Crippen LogP contribution in [0.5, 0.6) is 0 Å². The Balaban J connectivity index is 2.22. The summed E-state index contributed by atoms with van der Waals surface area (Å²) in [6, 6.07) is 5.68. The fourth-order valence-corrected chi connectivity index (χ4v) is 4.06. The minimum absolute atomic E-state index is 0.0920. The average Bonchev–Trinajstić information content (AvgIpc) is 2.74. The molecular weight excluding hydrogens is 306 g/mol. The van der Waals surface area contributed by atoms with Crippen LogP contribution < -0.4 is 0 Å². The summed E-state index contributed by atoms with van der Waals surface area (Å²) in [7, 11) is -2.23. The number of likely N-dealkylation sites (tertiary alicyclic amines) is 1. The molecule has 1 heterocycles. The van der Waals surface area contributed by atoms with Crippen LogP contribution in [0.4, 0.5) is 0 Å². The molecule has 6 nitrogen and oxygen atoms in total. The number of carbonyl (C=O) groups is 1. The smallest absolute Gasteiger partial charge is 0.321 e. The molecule has 2 rings (SSSR count). The third-order valence-electron chi connectivity index (χ3n) is 4.11. The summed E-state index contributed by atoms with van der Waals surface area (Å²) in [5.41, 5.74) is 0.955. The molecule has 3 atom stereocenters. The van der Waals surface area contributed by atoms with Crippen molar-refractivity contribution >= 4 is 16.1 Å². The lowest BCUT2D eigenvalue weighted by molar-refractivity contribution is -0.143. The SMILES string of the molecule is CC[C@@H]1[C@@H](OS(=O)(=O)c2ccc(C)cc2)CN(C)[C@@H]1C(=O)O. The molecular formula is C15H21NO5S. The number of benzene rings is 1. The summed E-state index contributed by atoms with van der Waals surface area (Å²) >= 11 is 0. The molecule has 1 aliphatic rings. The van der Waals surface area contributed by atoms with Crippen molar-refractivity contribution in [3.63, 3.8) is 0 Å². The van der Waals surface area contributed by atoms with Crippen molar-refractivity contribution in [3.05, 3.63) is 29.8 Å². The van der Waals surface area contributed by atoms with Crippen LogP contribution in [-0.4, -0.2) is 50.1 Å². The fraction of sp³-hybridized carbons (Fsp3) is 0.533. The van der Waals surface area contributed by atoms with Crippen molar-refractivity contribution in [1.29, 1.82) is 0 Å². The highest BCUT2D eigenvalue weighted by molar-refractivity contribution is 7.86. The van der Waals surface area contributed by atoms with Crippen LogP contribution in [0.25, 0.3) is 0 Å². The van der Waals surface area contributed by atoms with E-state index in [0.29, 0.717) is 6.42 Å². The fourth-order valence-electron chi connectivity index (χ4n) is 2.95. The van der Waals surface area contributed by atoms with Crippen LogP contribution in [0.15, 0.2) is 29.2 Å². The predicted molar refractivity (Wildman–Crippen MR) is 81.1 cm³/mol. The van der Waals surface area contributed by atoms with Gasteiger partial charge in [0, 0.05) is 12.5 Å². The first-order valence-electron chi connectivity index (χ1n) is 7.19. The van der Waals surface area contributed by atoms with Gasteiger partial charge in [0.1, 0.15) is 6.04 Å². The van der Waals surface area contributed by atoms with Gasteiger partial charge in [-0.2, -0.15) is 8.42 Å². The van der Waals surface area contributed by atoms with E-state index in [1.807, 2.05) is 13.8 Å². The van der Waals surface area contributed by atoms with E-state index >= 15 is 0 Å². The lowest BCUT2D eigenvalue weighted by Gasteiger charge is -2.21. The molecule has 0 saturated carbocycles. The summed E-state index contributed by atoms with van der Waals surface area (Å²) in [5.74, 6) is -1.31. The summed E-state index contributed by atoms with van der Waals surface area (Å²) < 4.78 is 30.1. The molecule has 1 fully saturated rings. The number of hydrogen-bond acceptors (Lipinski definition) is 5. The number of likely N-dealkylation sites (N-methyl/N-ethyl adjacent to an activating group) is 1. The molecule has 122 valence electrons. The molecule has 0 aromatic heterocycles. The van der Waals surface area contributed by atoms with Crippen molar-refractivity contribution in [2.24, 2.45) is 5.92 Å². The zero-order chi connectivity index (χ0) is 16.5. The number of aliphatic carboxylic acids is 1. The maximum absolute atomic E-state index is 12.4. The van der Waals surface area contributed by atoms with Gasteiger partial charge in [-0.1, -0.05) is 24.6 Å². The Hall–Kier alpha value is -1.44. The van der Waals surface area contributed by atoms with E-state index in [9.17, 15) is 18.3 Å². The van der Waals surface area contributed by atoms with Gasteiger partial charge in [-0.05, 0) is 32.5 Å². The summed E-state index contributed by atoms with van der Waals surface area (Å²) in [6.07, 6.45) is -0.113. The molecule has 22 heavy (non-hydrogen) atoms. The van der Waals surface area contributed by atoms with Gasteiger partial charge in [-0.25, -0.2) is 0 Å². The molecule has 7 heteroatoms. The Labute approximate surface area is 130 Å². The van der Waals surface area contributed by atoms with Crippen molar-refractivity contribution < 1.29 is 22.5 Å². The van der Waals surface area contributed by atoms with Crippen LogP contribution in [0.1, 0.15) is 18.9 Å². The van der Waals surface area contributed by atoms with Gasteiger partial charge in [0.2, 0.25) is 0 Å². The van der Waals surface area contributed by atoms with Gasteiger partial charge in [-0.15, -0.1) is 0 Å². The maximum atomic E-state index is 12.4. The monoisotopic (exact) mass is 327 g/mol. The summed E-state index contributed by atoms with van der Waals surface area (Å²) in [6.45, 7) is 3.99. The quantitative estimate of drug-likeness (QED) is 0.825. The van der Waals surface area contributed by atoms with E-state index < -0.39 is 28.2 Å². The standard InChI is InChI=1S/C15H21NO5S/c1-4-12-13(9-16(3)14(12)15(17)18)21-22(19,20)11-7-5-10(2)6-8-11/h5-8,12-14H,4,9H2,1-3H3,(H,17,18)/t12-,13+,14+/m1/s1. The Morgan fingerprint density at radius 2 is 1.95 bits per heavy atom. The third-order valence-corrected chi connectivity index (χ3v) is 5.46. The van der Waals surface area contributed by atoms with Crippen molar-refractivity contribution in [1.82, 2.24) is 4.90 Å². The van der Waals surface area contributed by atoms with E-state index in [-0.39, 0.29) is 17.4 Å². The molecule has 1 aromatic rings. The van der Waals surface area contributed by atoms with Crippen molar-refractivity contribution in [3.8, 4) is 0 Å². The highest BCUT2D eigenvalue weighted by Crippen LogP contribution is 2.31. The van der Waals surface area contributed by atoms with Gasteiger partial charge in [0.05, 0.1) is 11.0 Å². The molecule has 0 bridgehead atoms. The second-order valence-corrected chi connectivity index (χ2v) is 7.27. The van der Waals surface area contributed by atoms with Crippen LogP contribution >= 0.6 is 0 Å². The van der Waals surface area contributed by atoms with Crippen molar-refractivity contribution in [2.75, 3.05) is 13.6 Å². The zero-order valence-corrected chi connectivity index (χ0v) is 13.7. The van der Waals surface area contributed by atoms with Gasteiger partial charge < -0.3 is 5.11 Å². The Morgan fingerprint density at radius 1 is 1.36 bits per heavy atom. The molecule has 0 radical (unpaired) electrons. The van der Waals surface area contributed by atoms with Crippen LogP contribution in [0, 0.1) is 12.8 Å². The summed E-state index contributed by atoms with van der Waals surface area (Å²) in [5, 5.41) is 9.30. The average molecular weight is 327 g/mol. The first kappa shape index (κ1) is 16.9. The van der Waals surface area contributed by atoms with E-state index in [0.717, 1.165) is 5.56 Å². The molecule has 0 unspecified atom stereocenters. The highest BCUT2D eigenvalue weighted by atomic mass is 32.2. The number of nitrogens with zero attached hydrogens (tertiary/aromatic N) is 1. The van der Waals surface area contributed by atoms with E-state index in [4.69, 9.17) is 4.18 Å². The minimum Gasteiger partial charge on any atom is -0.480 e. The normalized spacial score (nSPS) is 26.2. The second kappa shape index (κ2) is 6.36. The first-order chi connectivity index (χ1) is 10.3. The van der Waals surface area contributed by atoms with Gasteiger partial charge in [-0.3, -0.25) is 13.9 Å². The number of rotatable bonds is 5. The topological polar surface area (TPSA) is 83.9 Å². The third kappa shape index (κ3) is 3.31. The lowest BCUT2D eigenvalue weighted by Crippen LogP contribution is -2.37. The predicted octanol–water partition coefficient (Wildman–Crippen LogP) is 1.49. The van der Waals surface area contributed by atoms with Crippen LogP contribution in [0.2, 0.25) is 0 Å². The molecule has 1 aliphatic heterocycles. The first-order valence-corrected chi connectivity index (χ1v) is 8.60. The van der Waals surface area contributed by atoms with E-state index in [2.05, 4.69) is 0 Å². The van der Waals surface area contributed by atoms with Crippen molar-refractivity contribution in [2.45, 2.75) is 37.3 Å². The Morgan fingerprint density at radius 3 is 2.45 bits per heavy atom. The van der Waals surface area contributed by atoms with E-state index in [1.165, 1.54) is 12.1 Å². The minimum atomic E-state index is -3.90. The van der Waals surface area contributed by atoms with Crippen LogP contribution in [-0.2, 0) is 19.1 Å². The number of carboxylic acids is 1. The lowest BCUT2D eigenvalue weighted by atomic mass is 9.95. The molecule has 0 spiro atoms. The number of carboxylic acid groups (broad SMARTS) is 1. The largest absolute Gasteiger partial charge is 0.480 e. The molecule has 1 saturated heterocycles. The van der Waals surface area contributed by atoms with Gasteiger partial charge in [0.25, 0.3) is 10.1 Å². The number of aryl methyl sites for hydroxylation is 1. The molecule has 1 N–H and O–H groups in total. The Kier molecular flexibility index (Phi) is 4.89. The summed E-state index contributed by atoms with van der Waals surface area (Å²) in [4.78, 5) is 13.1. The molecule has 1 aromatic carbocycles. The maximum Gasteiger partial charge on any atom is 0.321 e. The van der Waals surface area contributed by atoms with Gasteiger partial charge >= 0.3 is 5.97 Å². The van der Waals surface area contributed by atoms with E-state index in [1.54, 1.807) is 24.1 Å². The van der Waals surface area contributed by atoms with Gasteiger partial charge in [0.15, 0.2) is 0 Å².